The first-order chi connectivity index (χ1) is 9.08. The van der Waals surface area contributed by atoms with Gasteiger partial charge < -0.3 is 11.1 Å². The van der Waals surface area contributed by atoms with Gasteiger partial charge >= 0.3 is 0 Å². The van der Waals surface area contributed by atoms with Gasteiger partial charge in [-0.05, 0) is 24.6 Å². The molecule has 0 aliphatic heterocycles. The van der Waals surface area contributed by atoms with Gasteiger partial charge in [0.1, 0.15) is 5.69 Å². The maximum Gasteiger partial charge on any atom is 0.275 e. The number of hydrogen-bond donors (Lipinski definition) is 2. The second-order valence-corrected chi connectivity index (χ2v) is 3.94. The van der Waals surface area contributed by atoms with E-state index in [-0.39, 0.29) is 5.69 Å². The normalized spacial score (nSPS) is 9.95. The predicted octanol–water partition coefficient (Wildman–Crippen LogP) is 1.14. The molecule has 6 heteroatoms. The molecule has 0 bridgehead atoms. The molecule has 3 N–H and O–H groups in total. The van der Waals surface area contributed by atoms with Gasteiger partial charge in [-0.3, -0.25) is 14.6 Å². The number of anilines is 1. The molecule has 6 nitrogen and oxygen atoms in total. The number of nitrogens with zero attached hydrogens (tertiary/aromatic N) is 2. The van der Waals surface area contributed by atoms with Gasteiger partial charge in [-0.1, -0.05) is 6.07 Å². The van der Waals surface area contributed by atoms with E-state index in [4.69, 9.17) is 5.73 Å². The number of rotatable bonds is 3. The number of primary amides is 1. The van der Waals surface area contributed by atoms with Crippen molar-refractivity contribution in [3.05, 3.63) is 53.6 Å². The van der Waals surface area contributed by atoms with Crippen LogP contribution in [-0.2, 0) is 0 Å². The summed E-state index contributed by atoms with van der Waals surface area (Å²) in [7, 11) is 0. The number of amides is 2. The standard InChI is InChI=1S/C13H12N4O2/c1-8-2-3-9(12(14)18)6-10(8)17-13(19)11-7-15-4-5-16-11/h2-7H,1H3,(H2,14,18)(H,17,19). The van der Waals surface area contributed by atoms with Gasteiger partial charge in [-0.15, -0.1) is 0 Å². The third-order valence-electron chi connectivity index (χ3n) is 2.57. The van der Waals surface area contributed by atoms with Gasteiger partial charge in [-0.2, -0.15) is 0 Å². The fraction of sp³-hybridized carbons (Fsp3) is 0.0769. The molecule has 0 radical (unpaired) electrons. The molecule has 0 unspecified atom stereocenters. The Morgan fingerprint density at radius 2 is 2.05 bits per heavy atom. The highest BCUT2D eigenvalue weighted by atomic mass is 16.2. The molecule has 2 rings (SSSR count). The Morgan fingerprint density at radius 1 is 1.26 bits per heavy atom. The molecule has 1 heterocycles. The fourth-order valence-electron chi connectivity index (χ4n) is 1.51. The highest BCUT2D eigenvalue weighted by molar-refractivity contribution is 6.04. The van der Waals surface area contributed by atoms with E-state index in [1.54, 1.807) is 12.1 Å². The van der Waals surface area contributed by atoms with Crippen LogP contribution in [0.2, 0.25) is 0 Å². The van der Waals surface area contributed by atoms with Crippen LogP contribution >= 0.6 is 0 Å². The molecular weight excluding hydrogens is 244 g/mol. The Labute approximate surface area is 109 Å². The monoisotopic (exact) mass is 256 g/mol. The minimum absolute atomic E-state index is 0.200. The van der Waals surface area contributed by atoms with Gasteiger partial charge in [0.2, 0.25) is 5.91 Å². The molecule has 96 valence electrons. The minimum Gasteiger partial charge on any atom is -0.366 e. The number of carbonyl (C=O) groups is 2. The fourth-order valence-corrected chi connectivity index (χ4v) is 1.51. The van der Waals surface area contributed by atoms with Crippen LogP contribution in [-0.4, -0.2) is 21.8 Å². The molecule has 0 saturated heterocycles. The van der Waals surface area contributed by atoms with E-state index < -0.39 is 11.8 Å². The van der Waals surface area contributed by atoms with E-state index in [0.717, 1.165) is 5.56 Å². The lowest BCUT2D eigenvalue weighted by molar-refractivity contribution is 0.0995. The lowest BCUT2D eigenvalue weighted by Crippen LogP contribution is -2.16. The van der Waals surface area contributed by atoms with E-state index in [9.17, 15) is 9.59 Å². The quantitative estimate of drug-likeness (QED) is 0.860. The third kappa shape index (κ3) is 2.92. The van der Waals surface area contributed by atoms with Crippen LogP contribution < -0.4 is 11.1 Å². The number of aryl methyl sites for hydroxylation is 1. The maximum absolute atomic E-state index is 11.9. The highest BCUT2D eigenvalue weighted by Crippen LogP contribution is 2.17. The smallest absolute Gasteiger partial charge is 0.275 e. The average Bonchev–Trinajstić information content (AvgIpc) is 2.42. The number of nitrogens with two attached hydrogens (primary N) is 1. The Hall–Kier alpha value is -2.76. The first kappa shape index (κ1) is 12.7. The molecule has 1 aromatic carbocycles. The number of aromatic nitrogens is 2. The number of nitrogens with one attached hydrogen (secondary N) is 1. The molecule has 0 saturated carbocycles. The van der Waals surface area contributed by atoms with Crippen LogP contribution in [0, 0.1) is 6.92 Å². The van der Waals surface area contributed by atoms with Crippen molar-refractivity contribution in [1.82, 2.24) is 9.97 Å². The Balaban J connectivity index is 2.26. The molecule has 19 heavy (non-hydrogen) atoms. The van der Waals surface area contributed by atoms with Crippen molar-refractivity contribution in [3.8, 4) is 0 Å². The summed E-state index contributed by atoms with van der Waals surface area (Å²) >= 11 is 0. The van der Waals surface area contributed by atoms with E-state index in [2.05, 4.69) is 15.3 Å². The predicted molar refractivity (Wildman–Crippen MR) is 69.7 cm³/mol. The first-order valence-electron chi connectivity index (χ1n) is 5.56. The Kier molecular flexibility index (Phi) is 3.51. The molecule has 0 atom stereocenters. The van der Waals surface area contributed by atoms with Crippen molar-refractivity contribution in [3.63, 3.8) is 0 Å². The van der Waals surface area contributed by atoms with Gasteiger partial charge in [0.05, 0.1) is 6.20 Å². The van der Waals surface area contributed by atoms with Crippen molar-refractivity contribution < 1.29 is 9.59 Å². The van der Waals surface area contributed by atoms with Crippen molar-refractivity contribution >= 4 is 17.5 Å². The summed E-state index contributed by atoms with van der Waals surface area (Å²) in [5, 5.41) is 2.67. The Bertz CT molecular complexity index is 626. The zero-order valence-electron chi connectivity index (χ0n) is 10.3. The minimum atomic E-state index is -0.546. The number of hydrogen-bond acceptors (Lipinski definition) is 4. The van der Waals surface area contributed by atoms with E-state index in [1.807, 2.05) is 6.92 Å². The van der Waals surface area contributed by atoms with Crippen molar-refractivity contribution in [2.75, 3.05) is 5.32 Å². The lowest BCUT2D eigenvalue weighted by atomic mass is 10.1. The van der Waals surface area contributed by atoms with Crippen molar-refractivity contribution in [1.29, 1.82) is 0 Å². The van der Waals surface area contributed by atoms with Gasteiger partial charge in [0.25, 0.3) is 5.91 Å². The summed E-state index contributed by atoms with van der Waals surface area (Å²) < 4.78 is 0. The molecular formula is C13H12N4O2. The van der Waals surface area contributed by atoms with Crippen LogP contribution in [0.3, 0.4) is 0 Å². The highest BCUT2D eigenvalue weighted by Gasteiger charge is 2.10. The molecule has 0 aliphatic carbocycles. The van der Waals surface area contributed by atoms with Crippen LogP contribution in [0.15, 0.2) is 36.8 Å². The number of benzene rings is 1. The topological polar surface area (TPSA) is 98.0 Å². The zero-order valence-corrected chi connectivity index (χ0v) is 10.3. The summed E-state index contributed by atoms with van der Waals surface area (Å²) in [4.78, 5) is 30.7. The molecule has 0 aliphatic rings. The lowest BCUT2D eigenvalue weighted by Gasteiger charge is -2.09. The van der Waals surface area contributed by atoms with E-state index in [0.29, 0.717) is 11.3 Å². The molecule has 0 spiro atoms. The summed E-state index contributed by atoms with van der Waals surface area (Å²) in [6.45, 7) is 1.82. The van der Waals surface area contributed by atoms with Crippen LogP contribution in [0.4, 0.5) is 5.69 Å². The Morgan fingerprint density at radius 3 is 2.68 bits per heavy atom. The molecule has 0 fully saturated rings. The summed E-state index contributed by atoms with van der Waals surface area (Å²) in [6.07, 6.45) is 4.28. The van der Waals surface area contributed by atoms with Gasteiger partial charge in [-0.25, -0.2) is 4.98 Å². The second kappa shape index (κ2) is 5.26. The molecule has 2 aromatic rings. The van der Waals surface area contributed by atoms with Crippen LogP contribution in [0.25, 0.3) is 0 Å². The van der Waals surface area contributed by atoms with Gasteiger partial charge in [0, 0.05) is 23.6 Å². The summed E-state index contributed by atoms with van der Waals surface area (Å²) in [5.41, 5.74) is 7.08. The van der Waals surface area contributed by atoms with Gasteiger partial charge in [0.15, 0.2) is 0 Å². The van der Waals surface area contributed by atoms with Crippen LogP contribution in [0.5, 0.6) is 0 Å². The third-order valence-corrected chi connectivity index (χ3v) is 2.57. The first-order valence-corrected chi connectivity index (χ1v) is 5.56. The second-order valence-electron chi connectivity index (χ2n) is 3.94. The SMILES string of the molecule is Cc1ccc(C(N)=O)cc1NC(=O)c1cnccn1. The van der Waals surface area contributed by atoms with Crippen molar-refractivity contribution in [2.24, 2.45) is 5.73 Å². The van der Waals surface area contributed by atoms with E-state index in [1.165, 1.54) is 24.7 Å². The average molecular weight is 256 g/mol. The maximum atomic E-state index is 11.9. The largest absolute Gasteiger partial charge is 0.366 e. The molecule has 1 aromatic heterocycles. The molecule has 2 amide bonds. The zero-order chi connectivity index (χ0) is 13.8. The van der Waals surface area contributed by atoms with E-state index >= 15 is 0 Å². The summed E-state index contributed by atoms with van der Waals surface area (Å²) in [6, 6.07) is 4.86. The van der Waals surface area contributed by atoms with Crippen LogP contribution in [0.1, 0.15) is 26.4 Å². The summed E-state index contributed by atoms with van der Waals surface area (Å²) in [5.74, 6) is -0.937. The van der Waals surface area contributed by atoms with Crippen molar-refractivity contribution in [2.45, 2.75) is 6.92 Å². The number of carbonyl (C=O) groups excluding carboxylic acids is 2.